The molecule has 1 atom stereocenters. The van der Waals surface area contributed by atoms with Crippen LogP contribution in [0.4, 0.5) is 0 Å². The second-order valence-electron chi connectivity index (χ2n) is 5.41. The Morgan fingerprint density at radius 2 is 1.70 bits per heavy atom. The van der Waals surface area contributed by atoms with E-state index in [-0.39, 0.29) is 6.04 Å². The smallest absolute Gasteiger partial charge is 0.208 e. The zero-order valence-corrected chi connectivity index (χ0v) is 13.7. The van der Waals surface area contributed by atoms with Crippen LogP contribution < -0.4 is 4.72 Å². The highest BCUT2D eigenvalue weighted by molar-refractivity contribution is 7.89. The first-order valence-corrected chi connectivity index (χ1v) is 9.09. The van der Waals surface area contributed by atoms with Crippen molar-refractivity contribution in [2.45, 2.75) is 70.2 Å². The van der Waals surface area contributed by atoms with Gasteiger partial charge in [-0.25, -0.2) is 13.1 Å². The zero-order valence-electron chi connectivity index (χ0n) is 12.9. The van der Waals surface area contributed by atoms with E-state index in [1.165, 1.54) is 5.56 Å². The molecule has 1 N–H and O–H groups in total. The molecule has 20 heavy (non-hydrogen) atoms. The largest absolute Gasteiger partial charge is 0.240 e. The fraction of sp³-hybridized carbons (Fsp3) is 0.625. The Kier molecular flexibility index (Phi) is 7.24. The third-order valence-corrected chi connectivity index (χ3v) is 4.97. The molecule has 0 radical (unpaired) electrons. The minimum absolute atomic E-state index is 0.0122. The lowest BCUT2D eigenvalue weighted by Crippen LogP contribution is -2.32. The van der Waals surface area contributed by atoms with Gasteiger partial charge in [-0.2, -0.15) is 0 Å². The van der Waals surface area contributed by atoms with Gasteiger partial charge in [-0.15, -0.1) is 0 Å². The lowest BCUT2D eigenvalue weighted by molar-refractivity contribution is 0.527. The van der Waals surface area contributed by atoms with Gasteiger partial charge in [-0.3, -0.25) is 0 Å². The molecule has 0 saturated heterocycles. The van der Waals surface area contributed by atoms with E-state index >= 15 is 0 Å². The van der Waals surface area contributed by atoms with Crippen molar-refractivity contribution in [1.82, 2.24) is 4.72 Å². The Bertz CT molecular complexity index is 480. The first-order valence-electron chi connectivity index (χ1n) is 7.60. The normalized spacial score (nSPS) is 13.3. The fourth-order valence-electron chi connectivity index (χ4n) is 2.22. The molecule has 0 aromatic heterocycles. The van der Waals surface area contributed by atoms with Gasteiger partial charge in [0.25, 0.3) is 0 Å². The van der Waals surface area contributed by atoms with Gasteiger partial charge in [-0.05, 0) is 37.5 Å². The number of rotatable bonds is 9. The van der Waals surface area contributed by atoms with E-state index in [0.29, 0.717) is 4.90 Å². The Balaban J connectivity index is 2.63. The highest BCUT2D eigenvalue weighted by Crippen LogP contribution is 2.13. The van der Waals surface area contributed by atoms with E-state index in [9.17, 15) is 8.42 Å². The average Bonchev–Trinajstić information content (AvgIpc) is 2.39. The molecule has 0 aliphatic heterocycles. The van der Waals surface area contributed by atoms with Gasteiger partial charge >= 0.3 is 0 Å². The highest BCUT2D eigenvalue weighted by atomic mass is 32.2. The first-order chi connectivity index (χ1) is 9.49. The molecule has 0 amide bonds. The van der Waals surface area contributed by atoms with Crippen molar-refractivity contribution in [2.75, 3.05) is 0 Å². The molecule has 1 rings (SSSR count). The van der Waals surface area contributed by atoms with Crippen molar-refractivity contribution >= 4 is 10.0 Å². The maximum absolute atomic E-state index is 12.2. The number of unbranched alkanes of at least 4 members (excludes halogenated alkanes) is 2. The molecule has 0 heterocycles. The maximum atomic E-state index is 12.2. The molecule has 4 heteroatoms. The van der Waals surface area contributed by atoms with Crippen LogP contribution in [0.25, 0.3) is 0 Å². The highest BCUT2D eigenvalue weighted by Gasteiger charge is 2.16. The molecule has 1 unspecified atom stereocenters. The van der Waals surface area contributed by atoms with Crippen molar-refractivity contribution in [1.29, 1.82) is 0 Å². The summed E-state index contributed by atoms with van der Waals surface area (Å²) in [5.74, 6) is 0. The lowest BCUT2D eigenvalue weighted by atomic mass is 10.1. The number of hydrogen-bond acceptors (Lipinski definition) is 2. The van der Waals surface area contributed by atoms with Crippen molar-refractivity contribution in [3.05, 3.63) is 29.8 Å². The van der Waals surface area contributed by atoms with E-state index in [2.05, 4.69) is 18.6 Å². The number of nitrogens with one attached hydrogen (secondary N) is 1. The summed E-state index contributed by atoms with van der Waals surface area (Å²) in [4.78, 5) is 0.361. The molecule has 0 fully saturated rings. The Labute approximate surface area is 123 Å². The Hall–Kier alpha value is -0.870. The predicted molar refractivity (Wildman–Crippen MR) is 84.4 cm³/mol. The topological polar surface area (TPSA) is 46.2 Å². The van der Waals surface area contributed by atoms with Crippen LogP contribution in [0.15, 0.2) is 29.2 Å². The van der Waals surface area contributed by atoms with Crippen molar-refractivity contribution < 1.29 is 8.42 Å². The van der Waals surface area contributed by atoms with E-state index in [1.807, 2.05) is 19.1 Å². The maximum Gasteiger partial charge on any atom is 0.240 e. The van der Waals surface area contributed by atoms with E-state index in [0.717, 1.165) is 38.5 Å². The second-order valence-corrected chi connectivity index (χ2v) is 7.13. The second kappa shape index (κ2) is 8.42. The summed E-state index contributed by atoms with van der Waals surface area (Å²) < 4.78 is 27.2. The fourth-order valence-corrected chi connectivity index (χ4v) is 3.49. The number of benzene rings is 1. The molecule has 0 bridgehead atoms. The molecular weight excluding hydrogens is 270 g/mol. The molecule has 1 aromatic carbocycles. The predicted octanol–water partition coefficient (Wildman–Crippen LogP) is 3.89. The average molecular weight is 297 g/mol. The van der Waals surface area contributed by atoms with Gasteiger partial charge in [0.1, 0.15) is 0 Å². The summed E-state index contributed by atoms with van der Waals surface area (Å²) >= 11 is 0. The zero-order chi connectivity index (χ0) is 15.0. The third kappa shape index (κ3) is 5.63. The van der Waals surface area contributed by atoms with Gasteiger partial charge in [0, 0.05) is 6.04 Å². The van der Waals surface area contributed by atoms with Crippen LogP contribution in [0.3, 0.4) is 0 Å². The third-order valence-electron chi connectivity index (χ3n) is 3.37. The number of hydrogen-bond donors (Lipinski definition) is 1. The molecule has 0 aliphatic rings. The van der Waals surface area contributed by atoms with Gasteiger partial charge in [-0.1, -0.05) is 51.7 Å². The minimum Gasteiger partial charge on any atom is -0.208 e. The Morgan fingerprint density at radius 1 is 1.05 bits per heavy atom. The van der Waals surface area contributed by atoms with E-state index < -0.39 is 10.0 Å². The van der Waals surface area contributed by atoms with Crippen LogP contribution in [0, 0.1) is 0 Å². The summed E-state index contributed by atoms with van der Waals surface area (Å²) in [5.41, 5.74) is 1.18. The molecule has 114 valence electrons. The van der Waals surface area contributed by atoms with Crippen LogP contribution in [-0.2, 0) is 16.4 Å². The summed E-state index contributed by atoms with van der Waals surface area (Å²) in [6.07, 6.45) is 6.31. The lowest BCUT2D eigenvalue weighted by Gasteiger charge is -2.14. The van der Waals surface area contributed by atoms with Crippen LogP contribution in [-0.4, -0.2) is 14.5 Å². The summed E-state index contributed by atoms with van der Waals surface area (Å²) in [6.45, 7) is 6.19. The summed E-state index contributed by atoms with van der Waals surface area (Å²) in [7, 11) is -3.38. The van der Waals surface area contributed by atoms with E-state index in [4.69, 9.17) is 0 Å². The molecule has 0 spiro atoms. The number of sulfonamides is 1. The standard InChI is InChI=1S/C16H27NO2S/c1-4-6-7-9-14(3)17-20(18,19)16-12-10-15(8-5-2)11-13-16/h10-14,17H,4-9H2,1-3H3. The van der Waals surface area contributed by atoms with Crippen molar-refractivity contribution in [2.24, 2.45) is 0 Å². The molecule has 3 nitrogen and oxygen atoms in total. The quantitative estimate of drug-likeness (QED) is 0.703. The van der Waals surface area contributed by atoms with Gasteiger partial charge in [0.2, 0.25) is 10.0 Å². The molecular formula is C16H27NO2S. The molecule has 0 saturated carbocycles. The number of aryl methyl sites for hydroxylation is 1. The summed E-state index contributed by atoms with van der Waals surface area (Å²) in [6, 6.07) is 7.19. The van der Waals surface area contributed by atoms with Gasteiger partial charge < -0.3 is 0 Å². The van der Waals surface area contributed by atoms with E-state index in [1.54, 1.807) is 12.1 Å². The molecule has 0 aliphatic carbocycles. The van der Waals surface area contributed by atoms with Crippen LogP contribution >= 0.6 is 0 Å². The molecule has 1 aromatic rings. The monoisotopic (exact) mass is 297 g/mol. The minimum atomic E-state index is -3.38. The van der Waals surface area contributed by atoms with Gasteiger partial charge in [0.05, 0.1) is 4.90 Å². The Morgan fingerprint density at radius 3 is 2.25 bits per heavy atom. The SMILES string of the molecule is CCCCCC(C)NS(=O)(=O)c1ccc(CCC)cc1. The van der Waals surface area contributed by atoms with Crippen LogP contribution in [0.5, 0.6) is 0 Å². The summed E-state index contributed by atoms with van der Waals surface area (Å²) in [5, 5.41) is 0. The van der Waals surface area contributed by atoms with Crippen molar-refractivity contribution in [3.63, 3.8) is 0 Å². The van der Waals surface area contributed by atoms with Gasteiger partial charge in [0.15, 0.2) is 0 Å². The van der Waals surface area contributed by atoms with Crippen LogP contribution in [0.1, 0.15) is 58.4 Å². The van der Waals surface area contributed by atoms with Crippen LogP contribution in [0.2, 0.25) is 0 Å². The van der Waals surface area contributed by atoms with Crippen molar-refractivity contribution in [3.8, 4) is 0 Å². The first kappa shape index (κ1) is 17.2.